The highest BCUT2D eigenvalue weighted by Crippen LogP contribution is 2.51. The van der Waals surface area contributed by atoms with Crippen LogP contribution >= 0.6 is 0 Å². The van der Waals surface area contributed by atoms with Crippen LogP contribution in [0.3, 0.4) is 0 Å². The van der Waals surface area contributed by atoms with E-state index in [0.717, 1.165) is 26.1 Å². The molecule has 2 rings (SSSR count). The van der Waals surface area contributed by atoms with Crippen LogP contribution in [0.25, 0.3) is 0 Å². The van der Waals surface area contributed by atoms with Crippen molar-refractivity contribution in [1.82, 2.24) is 0 Å². The van der Waals surface area contributed by atoms with Gasteiger partial charge in [-0.3, -0.25) is 4.79 Å². The molecule has 2 fully saturated rings. The van der Waals surface area contributed by atoms with Crippen LogP contribution < -0.4 is 0 Å². The highest BCUT2D eigenvalue weighted by atomic mass is 16.5. The van der Waals surface area contributed by atoms with E-state index in [0.29, 0.717) is 23.5 Å². The van der Waals surface area contributed by atoms with Crippen molar-refractivity contribution < 1.29 is 9.53 Å². The van der Waals surface area contributed by atoms with Crippen molar-refractivity contribution in [2.24, 2.45) is 11.3 Å². The van der Waals surface area contributed by atoms with Gasteiger partial charge in [0.25, 0.3) is 0 Å². The number of ketones is 1. The van der Waals surface area contributed by atoms with Gasteiger partial charge in [0.05, 0.1) is 13.2 Å². The predicted molar refractivity (Wildman–Crippen MR) is 41.3 cm³/mol. The van der Waals surface area contributed by atoms with Crippen LogP contribution in [0.15, 0.2) is 0 Å². The SMILES string of the molecule is CCC(=O)C1CC2(COC2)C1. The summed E-state index contributed by atoms with van der Waals surface area (Å²) in [5.41, 5.74) is 0.454. The zero-order valence-electron chi connectivity index (χ0n) is 6.93. The van der Waals surface area contributed by atoms with Gasteiger partial charge in [-0.2, -0.15) is 0 Å². The lowest BCUT2D eigenvalue weighted by atomic mass is 9.59. The minimum atomic E-state index is 0.379. The maximum absolute atomic E-state index is 11.2. The molecule has 2 aliphatic rings. The van der Waals surface area contributed by atoms with Gasteiger partial charge in [0.15, 0.2) is 0 Å². The lowest BCUT2D eigenvalue weighted by Gasteiger charge is -2.52. The van der Waals surface area contributed by atoms with Gasteiger partial charge in [0.2, 0.25) is 0 Å². The Bertz CT molecular complexity index is 174. The molecule has 0 N–H and O–H groups in total. The number of Topliss-reactive ketones (excluding diaryl/α,β-unsaturated/α-hetero) is 1. The highest BCUT2D eigenvalue weighted by Gasteiger charge is 2.51. The van der Waals surface area contributed by atoms with Crippen LogP contribution in [-0.2, 0) is 9.53 Å². The van der Waals surface area contributed by atoms with E-state index in [1.807, 2.05) is 6.92 Å². The lowest BCUT2D eigenvalue weighted by molar-refractivity contribution is -0.182. The molecule has 0 aromatic heterocycles. The summed E-state index contributed by atoms with van der Waals surface area (Å²) in [4.78, 5) is 11.2. The first-order valence-electron chi connectivity index (χ1n) is 4.36. The van der Waals surface area contributed by atoms with Gasteiger partial charge < -0.3 is 4.74 Å². The van der Waals surface area contributed by atoms with Gasteiger partial charge in [-0.15, -0.1) is 0 Å². The number of carbonyl (C=O) groups is 1. The summed E-state index contributed by atoms with van der Waals surface area (Å²) in [5, 5.41) is 0. The molecule has 1 saturated carbocycles. The van der Waals surface area contributed by atoms with Gasteiger partial charge in [0, 0.05) is 17.8 Å². The van der Waals surface area contributed by atoms with Crippen molar-refractivity contribution in [3.63, 3.8) is 0 Å². The van der Waals surface area contributed by atoms with E-state index in [-0.39, 0.29) is 0 Å². The number of hydrogen-bond donors (Lipinski definition) is 0. The number of ether oxygens (including phenoxy) is 1. The van der Waals surface area contributed by atoms with Crippen molar-refractivity contribution in [3.8, 4) is 0 Å². The summed E-state index contributed by atoms with van der Waals surface area (Å²) < 4.78 is 5.13. The molecule has 0 amide bonds. The van der Waals surface area contributed by atoms with Crippen molar-refractivity contribution >= 4 is 5.78 Å². The molecule has 0 aromatic rings. The van der Waals surface area contributed by atoms with Crippen LogP contribution in [0.5, 0.6) is 0 Å². The first kappa shape index (κ1) is 7.29. The van der Waals surface area contributed by atoms with Crippen LogP contribution in [0.1, 0.15) is 26.2 Å². The fourth-order valence-corrected chi connectivity index (χ4v) is 2.13. The fourth-order valence-electron chi connectivity index (χ4n) is 2.13. The smallest absolute Gasteiger partial charge is 0.135 e. The van der Waals surface area contributed by atoms with Gasteiger partial charge in [0.1, 0.15) is 5.78 Å². The molecule has 0 bridgehead atoms. The van der Waals surface area contributed by atoms with Crippen LogP contribution in [0.2, 0.25) is 0 Å². The molecule has 0 aromatic carbocycles. The van der Waals surface area contributed by atoms with E-state index in [2.05, 4.69) is 0 Å². The molecule has 0 radical (unpaired) electrons. The Balaban J connectivity index is 1.83. The predicted octanol–water partition coefficient (Wildman–Crippen LogP) is 1.39. The topological polar surface area (TPSA) is 26.3 Å². The summed E-state index contributed by atoms with van der Waals surface area (Å²) in [6.45, 7) is 3.76. The second kappa shape index (κ2) is 2.31. The Labute approximate surface area is 66.9 Å². The zero-order chi connectivity index (χ0) is 7.90. The second-order valence-corrected chi connectivity index (χ2v) is 3.92. The monoisotopic (exact) mass is 154 g/mol. The minimum Gasteiger partial charge on any atom is -0.380 e. The Hall–Kier alpha value is -0.370. The molecule has 2 nitrogen and oxygen atoms in total. The fraction of sp³-hybridized carbons (Fsp3) is 0.889. The maximum atomic E-state index is 11.2. The molecular formula is C9H14O2. The zero-order valence-corrected chi connectivity index (χ0v) is 6.93. The lowest BCUT2D eigenvalue weighted by Crippen LogP contribution is -2.53. The van der Waals surface area contributed by atoms with Crippen LogP contribution in [0.4, 0.5) is 0 Å². The highest BCUT2D eigenvalue weighted by molar-refractivity contribution is 5.81. The van der Waals surface area contributed by atoms with Gasteiger partial charge in [-0.1, -0.05) is 6.92 Å². The first-order chi connectivity index (χ1) is 5.26. The second-order valence-electron chi connectivity index (χ2n) is 3.92. The molecule has 1 spiro atoms. The Kier molecular flexibility index (Phi) is 1.53. The third-order valence-electron chi connectivity index (χ3n) is 2.98. The van der Waals surface area contributed by atoms with Gasteiger partial charge >= 0.3 is 0 Å². The van der Waals surface area contributed by atoms with Gasteiger partial charge in [-0.25, -0.2) is 0 Å². The first-order valence-corrected chi connectivity index (χ1v) is 4.36. The largest absolute Gasteiger partial charge is 0.380 e. The summed E-state index contributed by atoms with van der Waals surface area (Å²) in [5.74, 6) is 0.825. The number of rotatable bonds is 2. The average molecular weight is 154 g/mol. The Morgan fingerprint density at radius 2 is 2.18 bits per heavy atom. The molecule has 0 atom stereocenters. The van der Waals surface area contributed by atoms with Crippen molar-refractivity contribution in [1.29, 1.82) is 0 Å². The van der Waals surface area contributed by atoms with Crippen molar-refractivity contribution in [2.75, 3.05) is 13.2 Å². The molecule has 1 aliphatic heterocycles. The minimum absolute atomic E-state index is 0.379. The normalized spacial score (nSPS) is 27.7. The summed E-state index contributed by atoms with van der Waals surface area (Å²) in [6, 6.07) is 0. The molecule has 2 heteroatoms. The quantitative estimate of drug-likeness (QED) is 0.600. The molecule has 0 unspecified atom stereocenters. The van der Waals surface area contributed by atoms with Crippen molar-refractivity contribution in [2.45, 2.75) is 26.2 Å². The van der Waals surface area contributed by atoms with Crippen LogP contribution in [0, 0.1) is 11.3 Å². The molecule has 1 heterocycles. The van der Waals surface area contributed by atoms with E-state index in [9.17, 15) is 4.79 Å². The summed E-state index contributed by atoms with van der Waals surface area (Å²) in [7, 11) is 0. The third-order valence-corrected chi connectivity index (χ3v) is 2.98. The van der Waals surface area contributed by atoms with Crippen LogP contribution in [-0.4, -0.2) is 19.0 Å². The third kappa shape index (κ3) is 1.00. The Morgan fingerprint density at radius 1 is 1.55 bits per heavy atom. The molecule has 11 heavy (non-hydrogen) atoms. The van der Waals surface area contributed by atoms with E-state index in [1.165, 1.54) is 0 Å². The number of carbonyl (C=O) groups excluding carboxylic acids is 1. The maximum Gasteiger partial charge on any atom is 0.135 e. The van der Waals surface area contributed by atoms with Gasteiger partial charge in [-0.05, 0) is 12.8 Å². The van der Waals surface area contributed by atoms with E-state index < -0.39 is 0 Å². The average Bonchev–Trinajstić information content (AvgIpc) is 1.81. The summed E-state index contributed by atoms with van der Waals surface area (Å²) >= 11 is 0. The van der Waals surface area contributed by atoms with E-state index in [4.69, 9.17) is 4.74 Å². The van der Waals surface area contributed by atoms with E-state index >= 15 is 0 Å². The Morgan fingerprint density at radius 3 is 2.55 bits per heavy atom. The molecule has 1 aliphatic carbocycles. The standard InChI is InChI=1S/C9H14O2/c1-2-8(10)7-3-9(4-7)5-11-6-9/h7H,2-6H2,1H3. The van der Waals surface area contributed by atoms with E-state index in [1.54, 1.807) is 0 Å². The molecular weight excluding hydrogens is 140 g/mol. The molecule has 1 saturated heterocycles. The summed E-state index contributed by atoms with van der Waals surface area (Å²) in [6.07, 6.45) is 2.90. The molecule has 62 valence electrons. The number of hydrogen-bond acceptors (Lipinski definition) is 2. The van der Waals surface area contributed by atoms with Crippen molar-refractivity contribution in [3.05, 3.63) is 0 Å².